The number of aromatic nitrogens is 1. The van der Waals surface area contributed by atoms with Gasteiger partial charge in [0.15, 0.2) is 0 Å². The van der Waals surface area contributed by atoms with Crippen molar-refractivity contribution < 1.29 is 4.74 Å². The lowest BCUT2D eigenvalue weighted by molar-refractivity contribution is 0.307. The fourth-order valence-electron chi connectivity index (χ4n) is 2.87. The van der Waals surface area contributed by atoms with E-state index in [4.69, 9.17) is 4.74 Å². The van der Waals surface area contributed by atoms with Crippen molar-refractivity contribution in [1.82, 2.24) is 4.98 Å². The van der Waals surface area contributed by atoms with E-state index in [2.05, 4.69) is 53.5 Å². The highest BCUT2D eigenvalue weighted by atomic mass is 16.5. The van der Waals surface area contributed by atoms with Crippen LogP contribution in [0.1, 0.15) is 5.56 Å². The van der Waals surface area contributed by atoms with Crippen molar-refractivity contribution >= 4 is 10.9 Å². The third-order valence-corrected chi connectivity index (χ3v) is 4.01. The van der Waals surface area contributed by atoms with E-state index in [1.165, 1.54) is 16.5 Å². The molecule has 4 aromatic rings. The van der Waals surface area contributed by atoms with Crippen LogP contribution >= 0.6 is 0 Å². The lowest BCUT2D eigenvalue weighted by Gasteiger charge is -2.12. The zero-order chi connectivity index (χ0) is 15.5. The molecule has 23 heavy (non-hydrogen) atoms. The number of hydrogen-bond donors (Lipinski definition) is 1. The molecule has 0 amide bonds. The standard InChI is InChI=1S/C21H17NO/c1-2-7-16(8-3-1)15-23-21-12-5-4-9-19(21)17-10-6-11-20-18(17)13-14-22-20/h1-14,22H,15H2. The third kappa shape index (κ3) is 2.71. The van der Waals surface area contributed by atoms with Crippen LogP contribution in [0.25, 0.3) is 22.0 Å². The average molecular weight is 299 g/mol. The first kappa shape index (κ1) is 13.6. The molecule has 0 unspecified atom stereocenters. The van der Waals surface area contributed by atoms with Crippen LogP contribution in [0.15, 0.2) is 85.1 Å². The molecule has 1 aromatic heterocycles. The maximum Gasteiger partial charge on any atom is 0.127 e. The minimum atomic E-state index is 0.570. The molecule has 0 bridgehead atoms. The molecule has 3 aromatic carbocycles. The predicted molar refractivity (Wildman–Crippen MR) is 94.5 cm³/mol. The van der Waals surface area contributed by atoms with Crippen LogP contribution in [0.3, 0.4) is 0 Å². The second-order valence-electron chi connectivity index (χ2n) is 5.51. The van der Waals surface area contributed by atoms with Crippen LogP contribution in [0, 0.1) is 0 Å². The molecule has 0 fully saturated rings. The zero-order valence-electron chi connectivity index (χ0n) is 12.7. The normalized spacial score (nSPS) is 10.8. The maximum absolute atomic E-state index is 6.09. The predicted octanol–water partition coefficient (Wildman–Crippen LogP) is 5.41. The van der Waals surface area contributed by atoms with Gasteiger partial charge in [-0.25, -0.2) is 0 Å². The number of ether oxygens (including phenoxy) is 1. The summed E-state index contributed by atoms with van der Waals surface area (Å²) in [5.74, 6) is 0.907. The van der Waals surface area contributed by atoms with Crippen molar-refractivity contribution in [1.29, 1.82) is 0 Å². The van der Waals surface area contributed by atoms with Gasteiger partial charge < -0.3 is 9.72 Å². The summed E-state index contributed by atoms with van der Waals surface area (Å²) < 4.78 is 6.09. The molecule has 0 spiro atoms. The highest BCUT2D eigenvalue weighted by Crippen LogP contribution is 2.35. The number of rotatable bonds is 4. The number of fused-ring (bicyclic) bond motifs is 1. The Kier molecular flexibility index (Phi) is 3.57. The Morgan fingerprint density at radius 1 is 0.696 bits per heavy atom. The van der Waals surface area contributed by atoms with Gasteiger partial charge in [-0.05, 0) is 29.3 Å². The van der Waals surface area contributed by atoms with Crippen LogP contribution in [0.2, 0.25) is 0 Å². The Labute approximate surface area is 135 Å². The Balaban J connectivity index is 1.71. The zero-order valence-corrected chi connectivity index (χ0v) is 12.7. The molecule has 2 nitrogen and oxygen atoms in total. The average Bonchev–Trinajstić information content (AvgIpc) is 3.10. The Bertz CT molecular complexity index is 925. The van der Waals surface area contributed by atoms with E-state index in [-0.39, 0.29) is 0 Å². The monoisotopic (exact) mass is 299 g/mol. The minimum absolute atomic E-state index is 0.570. The van der Waals surface area contributed by atoms with E-state index in [1.807, 2.05) is 36.5 Å². The fraction of sp³-hybridized carbons (Fsp3) is 0.0476. The van der Waals surface area contributed by atoms with Gasteiger partial charge in [-0.15, -0.1) is 0 Å². The molecule has 4 rings (SSSR count). The molecule has 0 aliphatic rings. The third-order valence-electron chi connectivity index (χ3n) is 4.01. The molecule has 1 heterocycles. The fourth-order valence-corrected chi connectivity index (χ4v) is 2.87. The summed E-state index contributed by atoms with van der Waals surface area (Å²) in [5, 5.41) is 1.21. The lowest BCUT2D eigenvalue weighted by Crippen LogP contribution is -1.96. The molecule has 0 saturated heterocycles. The molecule has 0 saturated carbocycles. The van der Waals surface area contributed by atoms with Gasteiger partial charge in [0.2, 0.25) is 0 Å². The molecule has 0 radical (unpaired) electrons. The number of benzene rings is 3. The number of nitrogens with one attached hydrogen (secondary N) is 1. The van der Waals surface area contributed by atoms with Crippen molar-refractivity contribution in [3.63, 3.8) is 0 Å². The minimum Gasteiger partial charge on any atom is -0.488 e. The topological polar surface area (TPSA) is 25.0 Å². The highest BCUT2D eigenvalue weighted by molar-refractivity contribution is 5.96. The van der Waals surface area contributed by atoms with Gasteiger partial charge in [-0.1, -0.05) is 60.7 Å². The quantitative estimate of drug-likeness (QED) is 0.535. The summed E-state index contributed by atoms with van der Waals surface area (Å²) in [4.78, 5) is 3.27. The molecular weight excluding hydrogens is 282 g/mol. The van der Waals surface area contributed by atoms with Gasteiger partial charge in [-0.3, -0.25) is 0 Å². The van der Waals surface area contributed by atoms with Crippen LogP contribution in [-0.4, -0.2) is 4.98 Å². The van der Waals surface area contributed by atoms with E-state index >= 15 is 0 Å². The summed E-state index contributed by atoms with van der Waals surface area (Å²) in [6, 6.07) is 26.9. The largest absolute Gasteiger partial charge is 0.488 e. The number of hydrogen-bond acceptors (Lipinski definition) is 1. The van der Waals surface area contributed by atoms with Gasteiger partial charge in [-0.2, -0.15) is 0 Å². The van der Waals surface area contributed by atoms with Gasteiger partial charge in [0.05, 0.1) is 0 Å². The van der Waals surface area contributed by atoms with Gasteiger partial charge in [0, 0.05) is 22.7 Å². The van der Waals surface area contributed by atoms with Crippen molar-refractivity contribution in [2.24, 2.45) is 0 Å². The van der Waals surface area contributed by atoms with Gasteiger partial charge >= 0.3 is 0 Å². The first-order valence-electron chi connectivity index (χ1n) is 7.74. The summed E-state index contributed by atoms with van der Waals surface area (Å²) in [7, 11) is 0. The summed E-state index contributed by atoms with van der Waals surface area (Å²) in [6.45, 7) is 0.570. The summed E-state index contributed by atoms with van der Waals surface area (Å²) >= 11 is 0. The number of para-hydroxylation sites is 1. The summed E-state index contributed by atoms with van der Waals surface area (Å²) in [6.07, 6.45) is 1.97. The molecule has 2 heteroatoms. The number of H-pyrrole nitrogens is 1. The van der Waals surface area contributed by atoms with Crippen molar-refractivity contribution in [3.8, 4) is 16.9 Å². The maximum atomic E-state index is 6.09. The van der Waals surface area contributed by atoms with E-state index in [0.29, 0.717) is 6.61 Å². The van der Waals surface area contributed by atoms with E-state index < -0.39 is 0 Å². The smallest absolute Gasteiger partial charge is 0.127 e. The molecule has 0 aliphatic carbocycles. The molecule has 112 valence electrons. The van der Waals surface area contributed by atoms with Crippen LogP contribution < -0.4 is 4.74 Å². The second kappa shape index (κ2) is 6.01. The van der Waals surface area contributed by atoms with E-state index in [9.17, 15) is 0 Å². The highest BCUT2D eigenvalue weighted by Gasteiger charge is 2.09. The molecule has 0 atom stereocenters. The van der Waals surface area contributed by atoms with Gasteiger partial charge in [0.1, 0.15) is 12.4 Å². The lowest BCUT2D eigenvalue weighted by atomic mass is 10.0. The Morgan fingerprint density at radius 3 is 2.39 bits per heavy atom. The SMILES string of the molecule is c1ccc(COc2ccccc2-c2cccc3[nH]ccc23)cc1. The summed E-state index contributed by atoms with van der Waals surface area (Å²) in [5.41, 5.74) is 4.61. The Morgan fingerprint density at radius 2 is 1.48 bits per heavy atom. The van der Waals surface area contributed by atoms with Crippen molar-refractivity contribution in [2.45, 2.75) is 6.61 Å². The number of aromatic amines is 1. The van der Waals surface area contributed by atoms with Gasteiger partial charge in [0.25, 0.3) is 0 Å². The van der Waals surface area contributed by atoms with E-state index in [1.54, 1.807) is 0 Å². The first-order valence-corrected chi connectivity index (χ1v) is 7.74. The Hall–Kier alpha value is -3.00. The van der Waals surface area contributed by atoms with Crippen LogP contribution in [-0.2, 0) is 6.61 Å². The van der Waals surface area contributed by atoms with Crippen molar-refractivity contribution in [2.75, 3.05) is 0 Å². The van der Waals surface area contributed by atoms with Crippen LogP contribution in [0.5, 0.6) is 5.75 Å². The van der Waals surface area contributed by atoms with Crippen LogP contribution in [0.4, 0.5) is 0 Å². The molecular formula is C21H17NO. The van der Waals surface area contributed by atoms with E-state index in [0.717, 1.165) is 16.8 Å². The molecule has 1 N–H and O–H groups in total. The molecule has 0 aliphatic heterocycles. The van der Waals surface area contributed by atoms with Crippen molar-refractivity contribution in [3.05, 3.63) is 90.6 Å². The second-order valence-corrected chi connectivity index (χ2v) is 5.51. The first-order chi connectivity index (χ1) is 11.4.